The van der Waals surface area contributed by atoms with Crippen molar-refractivity contribution in [1.82, 2.24) is 5.32 Å². The molecule has 17 heavy (non-hydrogen) atoms. The Morgan fingerprint density at radius 3 is 2.41 bits per heavy atom. The average Bonchev–Trinajstić information content (AvgIpc) is 2.39. The highest BCUT2D eigenvalue weighted by atomic mass is 35.5. The van der Waals surface area contributed by atoms with Crippen molar-refractivity contribution < 1.29 is 4.74 Å². The van der Waals surface area contributed by atoms with E-state index in [-0.39, 0.29) is 0 Å². The van der Waals surface area contributed by atoms with Crippen molar-refractivity contribution in [1.29, 1.82) is 0 Å². The lowest BCUT2D eigenvalue weighted by atomic mass is 9.95. The van der Waals surface area contributed by atoms with Crippen LogP contribution in [0.2, 0.25) is 0 Å². The van der Waals surface area contributed by atoms with Gasteiger partial charge in [0.25, 0.3) is 0 Å². The van der Waals surface area contributed by atoms with Crippen LogP contribution in [0.15, 0.2) is 24.3 Å². The predicted molar refractivity (Wildman–Crippen MR) is 71.7 cm³/mol. The highest BCUT2D eigenvalue weighted by molar-refractivity contribution is 6.20. The number of ether oxygens (including phenoxy) is 1. The van der Waals surface area contributed by atoms with Crippen LogP contribution in [0, 0.1) is 0 Å². The Labute approximate surface area is 108 Å². The van der Waals surface area contributed by atoms with Gasteiger partial charge in [-0.05, 0) is 43.4 Å². The van der Waals surface area contributed by atoms with Gasteiger partial charge in [0.05, 0.1) is 7.11 Å². The minimum atomic E-state index is 0.397. The summed E-state index contributed by atoms with van der Waals surface area (Å²) in [5, 5.41) is 3.99. The van der Waals surface area contributed by atoms with Crippen LogP contribution in [0.4, 0.5) is 0 Å². The fourth-order valence-electron chi connectivity index (χ4n) is 2.26. The van der Waals surface area contributed by atoms with Crippen molar-refractivity contribution in [2.75, 3.05) is 7.11 Å². The van der Waals surface area contributed by atoms with E-state index in [0.717, 1.165) is 25.1 Å². The summed E-state index contributed by atoms with van der Waals surface area (Å²) in [4.78, 5) is 0. The van der Waals surface area contributed by atoms with Crippen LogP contribution >= 0.6 is 11.6 Å². The van der Waals surface area contributed by atoms with Crippen LogP contribution in [0.3, 0.4) is 0 Å². The van der Waals surface area contributed by atoms with Gasteiger partial charge in [-0.1, -0.05) is 12.1 Å². The number of rotatable bonds is 4. The first-order valence-corrected chi connectivity index (χ1v) is 6.72. The molecule has 1 aromatic rings. The van der Waals surface area contributed by atoms with E-state index in [1.54, 1.807) is 7.11 Å². The summed E-state index contributed by atoms with van der Waals surface area (Å²) < 4.78 is 5.14. The summed E-state index contributed by atoms with van der Waals surface area (Å²) in [5.41, 5.74) is 1.30. The van der Waals surface area contributed by atoms with E-state index in [4.69, 9.17) is 16.3 Å². The lowest BCUT2D eigenvalue weighted by molar-refractivity contribution is 0.376. The zero-order chi connectivity index (χ0) is 12.1. The van der Waals surface area contributed by atoms with Crippen molar-refractivity contribution >= 4 is 11.6 Å². The molecule has 1 aliphatic rings. The van der Waals surface area contributed by atoms with Crippen molar-refractivity contribution in [2.45, 2.75) is 43.6 Å². The molecule has 3 heteroatoms. The molecule has 0 aromatic heterocycles. The van der Waals surface area contributed by atoms with E-state index in [0.29, 0.717) is 11.4 Å². The number of nitrogens with one attached hydrogen (secondary N) is 1. The molecule has 0 heterocycles. The standard InChI is InChI=1S/C14H20ClNO/c1-17-14-8-2-11(3-9-14)10-16-13-6-4-12(15)5-7-13/h2-3,8-9,12-13,16H,4-7,10H2,1H3. The van der Waals surface area contributed by atoms with E-state index < -0.39 is 0 Å². The van der Waals surface area contributed by atoms with Crippen molar-refractivity contribution in [3.05, 3.63) is 29.8 Å². The second-order valence-corrected chi connectivity index (χ2v) is 5.30. The van der Waals surface area contributed by atoms with Gasteiger partial charge in [0.2, 0.25) is 0 Å². The molecule has 0 radical (unpaired) electrons. The SMILES string of the molecule is COc1ccc(CNC2CCC(Cl)CC2)cc1. The van der Waals surface area contributed by atoms with Gasteiger partial charge >= 0.3 is 0 Å². The van der Waals surface area contributed by atoms with Crippen LogP contribution in [-0.4, -0.2) is 18.5 Å². The summed E-state index contributed by atoms with van der Waals surface area (Å²) >= 11 is 6.09. The molecule has 1 N–H and O–H groups in total. The molecule has 2 nitrogen and oxygen atoms in total. The lowest BCUT2D eigenvalue weighted by Crippen LogP contribution is -2.32. The minimum absolute atomic E-state index is 0.397. The summed E-state index contributed by atoms with van der Waals surface area (Å²) in [6, 6.07) is 8.87. The lowest BCUT2D eigenvalue weighted by Gasteiger charge is -2.26. The first-order chi connectivity index (χ1) is 8.28. The fourth-order valence-corrected chi connectivity index (χ4v) is 2.51. The Morgan fingerprint density at radius 2 is 1.82 bits per heavy atom. The molecular formula is C14H20ClNO. The van der Waals surface area contributed by atoms with E-state index >= 15 is 0 Å². The van der Waals surface area contributed by atoms with E-state index in [1.807, 2.05) is 12.1 Å². The molecule has 94 valence electrons. The fraction of sp³-hybridized carbons (Fsp3) is 0.571. The molecule has 0 atom stereocenters. The number of hydrogen-bond donors (Lipinski definition) is 1. The maximum atomic E-state index is 6.09. The molecule has 0 amide bonds. The zero-order valence-electron chi connectivity index (χ0n) is 10.3. The molecule has 2 rings (SSSR count). The topological polar surface area (TPSA) is 21.3 Å². The highest BCUT2D eigenvalue weighted by Gasteiger charge is 2.18. The third kappa shape index (κ3) is 3.90. The molecule has 0 saturated heterocycles. The Morgan fingerprint density at radius 1 is 1.18 bits per heavy atom. The van der Waals surface area contributed by atoms with Crippen molar-refractivity contribution in [3.63, 3.8) is 0 Å². The van der Waals surface area contributed by atoms with Gasteiger partial charge in [-0.25, -0.2) is 0 Å². The van der Waals surface area contributed by atoms with Gasteiger partial charge in [-0.15, -0.1) is 11.6 Å². The first kappa shape index (κ1) is 12.7. The quantitative estimate of drug-likeness (QED) is 0.831. The number of hydrogen-bond acceptors (Lipinski definition) is 2. The molecule has 1 fully saturated rings. The van der Waals surface area contributed by atoms with Gasteiger partial charge in [-0.3, -0.25) is 0 Å². The van der Waals surface area contributed by atoms with E-state index in [2.05, 4.69) is 17.4 Å². The largest absolute Gasteiger partial charge is 0.497 e. The Bertz CT molecular complexity index is 331. The van der Waals surface area contributed by atoms with Gasteiger partial charge in [0, 0.05) is 18.0 Å². The second-order valence-electron chi connectivity index (χ2n) is 4.68. The second kappa shape index (κ2) is 6.27. The van der Waals surface area contributed by atoms with Crippen LogP contribution in [0.25, 0.3) is 0 Å². The molecule has 1 aromatic carbocycles. The van der Waals surface area contributed by atoms with Crippen LogP contribution in [0.1, 0.15) is 31.2 Å². The zero-order valence-corrected chi connectivity index (χ0v) is 11.0. The molecule has 0 aliphatic heterocycles. The molecule has 0 spiro atoms. The smallest absolute Gasteiger partial charge is 0.118 e. The summed E-state index contributed by atoms with van der Waals surface area (Å²) in [7, 11) is 1.69. The molecule has 1 saturated carbocycles. The monoisotopic (exact) mass is 253 g/mol. The van der Waals surface area contributed by atoms with Gasteiger partial charge in [-0.2, -0.15) is 0 Å². The number of halogens is 1. The van der Waals surface area contributed by atoms with Crippen LogP contribution in [0.5, 0.6) is 5.75 Å². The third-order valence-corrected chi connectivity index (χ3v) is 3.85. The molecule has 1 aliphatic carbocycles. The maximum Gasteiger partial charge on any atom is 0.118 e. The molecule has 0 unspecified atom stereocenters. The number of benzene rings is 1. The number of methoxy groups -OCH3 is 1. The van der Waals surface area contributed by atoms with Gasteiger partial charge in [0.1, 0.15) is 5.75 Å². The highest BCUT2D eigenvalue weighted by Crippen LogP contribution is 2.23. The maximum absolute atomic E-state index is 6.09. The average molecular weight is 254 g/mol. The number of alkyl halides is 1. The Hall–Kier alpha value is -0.730. The normalized spacial score (nSPS) is 24.6. The molecule has 0 bridgehead atoms. The Kier molecular flexibility index (Phi) is 4.69. The summed E-state index contributed by atoms with van der Waals surface area (Å²) in [6.07, 6.45) is 4.68. The first-order valence-electron chi connectivity index (χ1n) is 6.28. The van der Waals surface area contributed by atoms with Crippen LogP contribution < -0.4 is 10.1 Å². The Balaban J connectivity index is 1.77. The molecular weight excluding hydrogens is 234 g/mol. The van der Waals surface area contributed by atoms with Gasteiger partial charge in [0.15, 0.2) is 0 Å². The summed E-state index contributed by atoms with van der Waals surface area (Å²) in [6.45, 7) is 0.932. The minimum Gasteiger partial charge on any atom is -0.497 e. The van der Waals surface area contributed by atoms with E-state index in [1.165, 1.54) is 18.4 Å². The van der Waals surface area contributed by atoms with Gasteiger partial charge < -0.3 is 10.1 Å². The summed E-state index contributed by atoms with van der Waals surface area (Å²) in [5.74, 6) is 0.913. The van der Waals surface area contributed by atoms with Crippen molar-refractivity contribution in [3.8, 4) is 5.75 Å². The predicted octanol–water partition coefficient (Wildman–Crippen LogP) is 3.33. The third-order valence-electron chi connectivity index (χ3n) is 3.41. The van der Waals surface area contributed by atoms with E-state index in [9.17, 15) is 0 Å². The van der Waals surface area contributed by atoms with Crippen molar-refractivity contribution in [2.24, 2.45) is 0 Å². The van der Waals surface area contributed by atoms with Crippen LogP contribution in [-0.2, 0) is 6.54 Å².